The predicted molar refractivity (Wildman–Crippen MR) is 128 cm³/mol. The van der Waals surface area contributed by atoms with Crippen molar-refractivity contribution in [2.24, 2.45) is 0 Å². The minimum atomic E-state index is -0.405. The first kappa shape index (κ1) is 22.9. The highest BCUT2D eigenvalue weighted by atomic mass is 16.5. The zero-order valence-electron chi connectivity index (χ0n) is 19.7. The van der Waals surface area contributed by atoms with E-state index in [1.807, 2.05) is 57.2 Å². The lowest BCUT2D eigenvalue weighted by molar-refractivity contribution is -0.121. The minimum absolute atomic E-state index is 0.0853. The molecule has 3 aromatic rings. The summed E-state index contributed by atoms with van der Waals surface area (Å²) >= 11 is 0. The van der Waals surface area contributed by atoms with Gasteiger partial charge in [0.25, 0.3) is 0 Å². The largest absolute Gasteiger partial charge is 0.496 e. The topological polar surface area (TPSA) is 77.8 Å². The maximum Gasteiger partial charge on any atom is 0.339 e. The van der Waals surface area contributed by atoms with Gasteiger partial charge in [-0.1, -0.05) is 30.3 Å². The van der Waals surface area contributed by atoms with Gasteiger partial charge in [0.15, 0.2) is 0 Å². The summed E-state index contributed by atoms with van der Waals surface area (Å²) in [6, 6.07) is 11.9. The van der Waals surface area contributed by atoms with Gasteiger partial charge in [-0.25, -0.2) is 4.79 Å². The molecule has 0 fully saturated rings. The van der Waals surface area contributed by atoms with Gasteiger partial charge in [-0.2, -0.15) is 0 Å². The van der Waals surface area contributed by atoms with Gasteiger partial charge < -0.3 is 19.2 Å². The Labute approximate surface area is 193 Å². The minimum Gasteiger partial charge on any atom is -0.496 e. The fourth-order valence-corrected chi connectivity index (χ4v) is 4.45. The van der Waals surface area contributed by atoms with Crippen molar-refractivity contribution in [1.82, 2.24) is 5.32 Å². The molecule has 2 aromatic carbocycles. The smallest absolute Gasteiger partial charge is 0.339 e. The first-order valence-electron chi connectivity index (χ1n) is 11.4. The first-order valence-corrected chi connectivity index (χ1v) is 11.4. The summed E-state index contributed by atoms with van der Waals surface area (Å²) in [5.41, 5.74) is 3.21. The molecule has 0 atom stereocenters. The average molecular weight is 450 g/mol. The summed E-state index contributed by atoms with van der Waals surface area (Å²) in [6.07, 6.45) is 2.88. The van der Waals surface area contributed by atoms with E-state index < -0.39 is 5.63 Å². The van der Waals surface area contributed by atoms with Crippen molar-refractivity contribution in [1.29, 1.82) is 0 Å². The van der Waals surface area contributed by atoms with E-state index in [1.165, 1.54) is 5.56 Å². The summed E-state index contributed by atoms with van der Waals surface area (Å²) in [5, 5.41) is 3.71. The molecule has 0 saturated carbocycles. The molecular weight excluding hydrogens is 418 g/mol. The van der Waals surface area contributed by atoms with Crippen LogP contribution in [0.4, 0.5) is 0 Å². The van der Waals surface area contributed by atoms with Crippen LogP contribution in [0.15, 0.2) is 45.6 Å². The van der Waals surface area contributed by atoms with Crippen LogP contribution < -0.4 is 20.4 Å². The Balaban J connectivity index is 1.54. The molecule has 1 amide bonds. The van der Waals surface area contributed by atoms with Gasteiger partial charge in [-0.15, -0.1) is 0 Å². The van der Waals surface area contributed by atoms with Crippen molar-refractivity contribution in [2.75, 3.05) is 13.7 Å². The molecule has 0 unspecified atom stereocenters. The molecule has 1 aliphatic heterocycles. The van der Waals surface area contributed by atoms with Crippen molar-refractivity contribution in [3.05, 3.63) is 69.1 Å². The van der Waals surface area contributed by atoms with E-state index in [0.29, 0.717) is 35.6 Å². The highest BCUT2D eigenvalue weighted by Crippen LogP contribution is 2.43. The van der Waals surface area contributed by atoms with Crippen LogP contribution in [0.2, 0.25) is 0 Å². The van der Waals surface area contributed by atoms with Gasteiger partial charge in [0.2, 0.25) is 5.91 Å². The Kier molecular flexibility index (Phi) is 6.45. The molecule has 6 nitrogen and oxygen atoms in total. The molecule has 0 bridgehead atoms. The molecule has 0 spiro atoms. The molecule has 0 saturated heterocycles. The standard InChI is InChI=1S/C27H31NO5/c1-17-19(10-11-23(29)28-15-13-18-8-6-5-7-9-18)26(30)32-25-20-12-14-27(2,3)33-21(20)16-22(31-4)24(17)25/h5-9,16H,10-15H2,1-4H3,(H,28,29). The second-order valence-corrected chi connectivity index (χ2v) is 9.20. The van der Waals surface area contributed by atoms with Gasteiger partial charge >= 0.3 is 5.63 Å². The number of benzene rings is 2. The Bertz CT molecular complexity index is 1230. The number of rotatable bonds is 7. The molecule has 2 heterocycles. The lowest BCUT2D eigenvalue weighted by Crippen LogP contribution is -2.32. The fourth-order valence-electron chi connectivity index (χ4n) is 4.45. The molecule has 0 aliphatic carbocycles. The van der Waals surface area contributed by atoms with Gasteiger partial charge in [0, 0.05) is 30.2 Å². The van der Waals surface area contributed by atoms with Gasteiger partial charge in [0.1, 0.15) is 22.7 Å². The molecular formula is C27H31NO5. The number of aryl methyl sites for hydroxylation is 2. The Morgan fingerprint density at radius 3 is 2.67 bits per heavy atom. The van der Waals surface area contributed by atoms with E-state index in [1.54, 1.807) is 7.11 Å². The van der Waals surface area contributed by atoms with E-state index in [2.05, 4.69) is 5.32 Å². The normalized spacial score (nSPS) is 14.4. The lowest BCUT2D eigenvalue weighted by atomic mass is 9.91. The number of ether oxygens (including phenoxy) is 2. The van der Waals surface area contributed by atoms with Crippen LogP contribution in [0.1, 0.15) is 48.9 Å². The van der Waals surface area contributed by atoms with Crippen molar-refractivity contribution in [3.8, 4) is 11.5 Å². The molecule has 33 heavy (non-hydrogen) atoms. The number of hydrogen-bond donors (Lipinski definition) is 1. The molecule has 1 N–H and O–H groups in total. The summed E-state index contributed by atoms with van der Waals surface area (Å²) < 4.78 is 17.6. The number of carbonyl (C=O) groups excluding carboxylic acids is 1. The summed E-state index contributed by atoms with van der Waals surface area (Å²) in [4.78, 5) is 25.3. The van der Waals surface area contributed by atoms with Crippen LogP contribution in [0, 0.1) is 6.92 Å². The number of hydrogen-bond acceptors (Lipinski definition) is 5. The monoisotopic (exact) mass is 449 g/mol. The number of carbonyl (C=O) groups is 1. The van der Waals surface area contributed by atoms with Gasteiger partial charge in [0.05, 0.1) is 12.5 Å². The van der Waals surface area contributed by atoms with Crippen molar-refractivity contribution < 1.29 is 18.7 Å². The van der Waals surface area contributed by atoms with Crippen LogP contribution >= 0.6 is 0 Å². The van der Waals surface area contributed by atoms with Crippen LogP contribution in [-0.4, -0.2) is 25.2 Å². The molecule has 174 valence electrons. The maximum atomic E-state index is 12.9. The van der Waals surface area contributed by atoms with Crippen LogP contribution in [0.5, 0.6) is 11.5 Å². The zero-order valence-corrected chi connectivity index (χ0v) is 19.7. The van der Waals surface area contributed by atoms with E-state index in [9.17, 15) is 9.59 Å². The first-order chi connectivity index (χ1) is 15.8. The average Bonchev–Trinajstić information content (AvgIpc) is 2.78. The molecule has 0 radical (unpaired) electrons. The second-order valence-electron chi connectivity index (χ2n) is 9.20. The Morgan fingerprint density at radius 2 is 1.94 bits per heavy atom. The van der Waals surface area contributed by atoms with Crippen LogP contribution in [0.3, 0.4) is 0 Å². The fraction of sp³-hybridized carbons (Fsp3) is 0.407. The number of methoxy groups -OCH3 is 1. The van der Waals surface area contributed by atoms with Crippen molar-refractivity contribution in [2.45, 2.75) is 58.5 Å². The Hall–Kier alpha value is -3.28. The summed E-state index contributed by atoms with van der Waals surface area (Å²) in [5.74, 6) is 1.22. The molecule has 6 heteroatoms. The van der Waals surface area contributed by atoms with Crippen molar-refractivity contribution in [3.63, 3.8) is 0 Å². The zero-order chi connectivity index (χ0) is 23.6. The maximum absolute atomic E-state index is 12.9. The van der Waals surface area contributed by atoms with Crippen LogP contribution in [0.25, 0.3) is 11.0 Å². The third-order valence-corrected chi connectivity index (χ3v) is 6.34. The molecule has 1 aromatic heterocycles. The summed E-state index contributed by atoms with van der Waals surface area (Å²) in [7, 11) is 1.60. The number of fused-ring (bicyclic) bond motifs is 3. The summed E-state index contributed by atoms with van der Waals surface area (Å²) in [6.45, 7) is 6.54. The third kappa shape index (κ3) is 4.90. The van der Waals surface area contributed by atoms with E-state index in [-0.39, 0.29) is 17.9 Å². The molecule has 1 aliphatic rings. The quantitative estimate of drug-likeness (QED) is 0.537. The highest BCUT2D eigenvalue weighted by Gasteiger charge is 2.31. The second kappa shape index (κ2) is 9.30. The number of amides is 1. The molecule has 4 rings (SSSR count). The van der Waals surface area contributed by atoms with Gasteiger partial charge in [-0.05, 0) is 57.6 Å². The SMILES string of the molecule is COc1cc2c(c3oc(=O)c(CCC(=O)NCCc4ccccc4)c(C)c13)CCC(C)(C)O2. The van der Waals surface area contributed by atoms with Crippen LogP contribution in [-0.2, 0) is 24.1 Å². The van der Waals surface area contributed by atoms with E-state index in [0.717, 1.165) is 35.8 Å². The van der Waals surface area contributed by atoms with E-state index in [4.69, 9.17) is 13.9 Å². The van der Waals surface area contributed by atoms with Crippen molar-refractivity contribution >= 4 is 16.9 Å². The van der Waals surface area contributed by atoms with E-state index >= 15 is 0 Å². The highest BCUT2D eigenvalue weighted by molar-refractivity contribution is 5.92. The Morgan fingerprint density at radius 1 is 1.18 bits per heavy atom. The predicted octanol–water partition coefficient (Wildman–Crippen LogP) is 4.51. The third-order valence-electron chi connectivity index (χ3n) is 6.34. The lowest BCUT2D eigenvalue weighted by Gasteiger charge is -2.33. The number of nitrogens with one attached hydrogen (secondary N) is 1. The van der Waals surface area contributed by atoms with Gasteiger partial charge in [-0.3, -0.25) is 4.79 Å².